The van der Waals surface area contributed by atoms with E-state index in [1.54, 1.807) is 35.7 Å². The first-order valence-electron chi connectivity index (χ1n) is 7.05. The lowest BCUT2D eigenvalue weighted by Gasteiger charge is -2.15. The molecule has 0 fully saturated rings. The van der Waals surface area contributed by atoms with Crippen molar-refractivity contribution >= 4 is 18.3 Å². The third-order valence-electron chi connectivity index (χ3n) is 3.04. The monoisotopic (exact) mass is 313 g/mol. The van der Waals surface area contributed by atoms with Crippen LogP contribution in [0.15, 0.2) is 55.8 Å². The smallest absolute Gasteiger partial charge is 0.273 e. The molecule has 1 amide bonds. The predicted octanol–water partition coefficient (Wildman–Crippen LogP) is 1.90. The van der Waals surface area contributed by atoms with E-state index in [9.17, 15) is 4.79 Å². The molecule has 3 rings (SSSR count). The SMILES string of the molecule is C=C1C=NN(CCCNC(=O)c2cc(-c3ccco3)on2)N=C1. The van der Waals surface area contributed by atoms with Crippen molar-refractivity contribution in [1.82, 2.24) is 15.6 Å². The molecule has 118 valence electrons. The normalized spacial score (nSPS) is 13.6. The van der Waals surface area contributed by atoms with Crippen LogP contribution in [0.2, 0.25) is 0 Å². The highest BCUT2D eigenvalue weighted by Gasteiger charge is 2.14. The highest BCUT2D eigenvalue weighted by molar-refractivity contribution is 6.03. The third-order valence-corrected chi connectivity index (χ3v) is 3.04. The van der Waals surface area contributed by atoms with Gasteiger partial charge in [0.25, 0.3) is 5.91 Å². The number of nitrogens with one attached hydrogen (secondary N) is 1. The van der Waals surface area contributed by atoms with Crippen LogP contribution in [0.1, 0.15) is 16.9 Å². The quantitative estimate of drug-likeness (QED) is 0.822. The zero-order chi connectivity index (χ0) is 16.1. The lowest BCUT2D eigenvalue weighted by atomic mass is 10.3. The average Bonchev–Trinajstić information content (AvgIpc) is 3.23. The molecule has 23 heavy (non-hydrogen) atoms. The summed E-state index contributed by atoms with van der Waals surface area (Å²) in [4.78, 5) is 12.0. The molecule has 0 radical (unpaired) electrons. The maximum Gasteiger partial charge on any atom is 0.273 e. The molecule has 2 aromatic heterocycles. The highest BCUT2D eigenvalue weighted by Crippen LogP contribution is 2.20. The number of aromatic nitrogens is 1. The fraction of sp³-hybridized carbons (Fsp3) is 0.200. The fourth-order valence-electron chi connectivity index (χ4n) is 1.89. The van der Waals surface area contributed by atoms with E-state index >= 15 is 0 Å². The van der Waals surface area contributed by atoms with Gasteiger partial charge in [0.2, 0.25) is 5.76 Å². The number of furan rings is 1. The van der Waals surface area contributed by atoms with Gasteiger partial charge in [-0.05, 0) is 18.6 Å². The van der Waals surface area contributed by atoms with Crippen molar-refractivity contribution in [3.63, 3.8) is 0 Å². The molecule has 1 aliphatic heterocycles. The zero-order valence-electron chi connectivity index (χ0n) is 12.3. The van der Waals surface area contributed by atoms with E-state index in [-0.39, 0.29) is 11.6 Å². The predicted molar refractivity (Wildman–Crippen MR) is 84.0 cm³/mol. The van der Waals surface area contributed by atoms with Crippen LogP contribution in [0.5, 0.6) is 0 Å². The third kappa shape index (κ3) is 3.73. The molecule has 0 bridgehead atoms. The van der Waals surface area contributed by atoms with Crippen molar-refractivity contribution in [2.45, 2.75) is 6.42 Å². The molecular formula is C15H15N5O3. The van der Waals surface area contributed by atoms with E-state index < -0.39 is 0 Å². The molecule has 0 saturated heterocycles. The van der Waals surface area contributed by atoms with Gasteiger partial charge in [0.15, 0.2) is 11.5 Å². The Hall–Kier alpha value is -3.16. The Bertz CT molecular complexity index is 729. The second-order valence-electron chi connectivity index (χ2n) is 4.82. The number of allylic oxidation sites excluding steroid dienone is 1. The lowest BCUT2D eigenvalue weighted by molar-refractivity contribution is 0.0942. The van der Waals surface area contributed by atoms with Gasteiger partial charge in [0.1, 0.15) is 0 Å². The van der Waals surface area contributed by atoms with Crippen molar-refractivity contribution in [2.24, 2.45) is 10.2 Å². The van der Waals surface area contributed by atoms with E-state index in [4.69, 9.17) is 8.94 Å². The number of nitrogens with zero attached hydrogens (tertiary/aromatic N) is 4. The Morgan fingerprint density at radius 2 is 2.13 bits per heavy atom. The van der Waals surface area contributed by atoms with Crippen molar-refractivity contribution in [1.29, 1.82) is 0 Å². The van der Waals surface area contributed by atoms with Crippen LogP contribution in [-0.2, 0) is 0 Å². The summed E-state index contributed by atoms with van der Waals surface area (Å²) in [5.74, 6) is 0.641. The Morgan fingerprint density at radius 3 is 2.87 bits per heavy atom. The van der Waals surface area contributed by atoms with Gasteiger partial charge in [-0.2, -0.15) is 15.3 Å². The van der Waals surface area contributed by atoms with Crippen molar-refractivity contribution < 1.29 is 13.7 Å². The zero-order valence-corrected chi connectivity index (χ0v) is 12.3. The van der Waals surface area contributed by atoms with E-state index in [1.165, 1.54) is 6.26 Å². The molecule has 1 aliphatic rings. The number of amides is 1. The molecule has 0 aliphatic carbocycles. The average molecular weight is 313 g/mol. The number of hydrogen-bond acceptors (Lipinski definition) is 7. The van der Waals surface area contributed by atoms with Crippen LogP contribution in [0.3, 0.4) is 0 Å². The van der Waals surface area contributed by atoms with E-state index in [2.05, 4.69) is 27.3 Å². The van der Waals surface area contributed by atoms with Gasteiger partial charge in [-0.1, -0.05) is 11.7 Å². The minimum atomic E-state index is -0.300. The molecule has 0 unspecified atom stereocenters. The van der Waals surface area contributed by atoms with Gasteiger partial charge >= 0.3 is 0 Å². The van der Waals surface area contributed by atoms with Crippen molar-refractivity contribution in [3.8, 4) is 11.5 Å². The first kappa shape index (κ1) is 14.8. The maximum absolute atomic E-state index is 12.0. The number of carbonyl (C=O) groups excluding carboxylic acids is 1. The Morgan fingerprint density at radius 1 is 1.30 bits per heavy atom. The van der Waals surface area contributed by atoms with Crippen molar-refractivity contribution in [3.05, 3.63) is 42.3 Å². The molecule has 1 N–H and O–H groups in total. The van der Waals surface area contributed by atoms with E-state index in [0.29, 0.717) is 31.0 Å². The Labute approximate surface area is 132 Å². The van der Waals surface area contributed by atoms with Crippen LogP contribution < -0.4 is 5.32 Å². The molecule has 3 heterocycles. The van der Waals surface area contributed by atoms with Gasteiger partial charge < -0.3 is 14.3 Å². The summed E-state index contributed by atoms with van der Waals surface area (Å²) in [7, 11) is 0. The van der Waals surface area contributed by atoms with Gasteiger partial charge in [-0.3, -0.25) is 4.79 Å². The van der Waals surface area contributed by atoms with Crippen LogP contribution in [0.25, 0.3) is 11.5 Å². The summed E-state index contributed by atoms with van der Waals surface area (Å²) in [6.07, 6.45) is 5.49. The highest BCUT2D eigenvalue weighted by atomic mass is 16.5. The molecule has 2 aromatic rings. The second kappa shape index (κ2) is 6.73. The molecule has 0 spiro atoms. The summed E-state index contributed by atoms with van der Waals surface area (Å²) >= 11 is 0. The van der Waals surface area contributed by atoms with Crippen LogP contribution in [-0.4, -0.2) is 41.7 Å². The topological polar surface area (TPSA) is 96.2 Å². The number of hydrogen-bond donors (Lipinski definition) is 1. The minimum Gasteiger partial charge on any atom is -0.461 e. The van der Waals surface area contributed by atoms with Crippen LogP contribution >= 0.6 is 0 Å². The van der Waals surface area contributed by atoms with Gasteiger partial charge in [0.05, 0.1) is 25.2 Å². The summed E-state index contributed by atoms with van der Waals surface area (Å²) in [5, 5.41) is 16.2. The number of rotatable bonds is 6. The Balaban J connectivity index is 1.44. The minimum absolute atomic E-state index is 0.210. The summed E-state index contributed by atoms with van der Waals surface area (Å²) in [6, 6.07) is 5.01. The maximum atomic E-state index is 12.0. The molecule has 0 atom stereocenters. The standard InChI is InChI=1S/C15H15N5O3/c1-11-9-17-20(18-10-11)6-3-5-16-15(21)12-8-14(23-19-12)13-4-2-7-22-13/h2,4,7-10H,1,3,5-6H2,(H,16,21). The van der Waals surface area contributed by atoms with Gasteiger partial charge in [0, 0.05) is 18.2 Å². The number of hydrazone groups is 2. The largest absolute Gasteiger partial charge is 0.461 e. The molecule has 8 nitrogen and oxygen atoms in total. The van der Waals surface area contributed by atoms with Gasteiger partial charge in [-0.15, -0.1) is 0 Å². The summed E-state index contributed by atoms with van der Waals surface area (Å²) < 4.78 is 10.3. The molecular weight excluding hydrogens is 298 g/mol. The molecule has 0 aromatic carbocycles. The van der Waals surface area contributed by atoms with E-state index in [1.807, 2.05) is 0 Å². The lowest BCUT2D eigenvalue weighted by Crippen LogP contribution is -2.27. The molecule has 0 saturated carbocycles. The fourth-order valence-corrected chi connectivity index (χ4v) is 1.89. The summed E-state index contributed by atoms with van der Waals surface area (Å²) in [6.45, 7) is 4.79. The number of carbonyl (C=O) groups is 1. The van der Waals surface area contributed by atoms with Crippen LogP contribution in [0.4, 0.5) is 0 Å². The molecule has 8 heteroatoms. The first-order chi connectivity index (χ1) is 11.2. The van der Waals surface area contributed by atoms with Crippen LogP contribution in [0, 0.1) is 0 Å². The van der Waals surface area contributed by atoms with Gasteiger partial charge in [-0.25, -0.2) is 0 Å². The summed E-state index contributed by atoms with van der Waals surface area (Å²) in [5.41, 5.74) is 0.967. The Kier molecular flexibility index (Phi) is 4.32. The second-order valence-corrected chi connectivity index (χ2v) is 4.82. The first-order valence-corrected chi connectivity index (χ1v) is 7.05. The van der Waals surface area contributed by atoms with Crippen molar-refractivity contribution in [2.75, 3.05) is 13.1 Å². The van der Waals surface area contributed by atoms with E-state index in [0.717, 1.165) is 5.57 Å².